The largest absolute Gasteiger partial charge is 0.330 e. The third-order valence-electron chi connectivity index (χ3n) is 2.80. The molecule has 0 atom stereocenters. The molecular formula is C11H9ClN4O3S. The molecule has 0 radical (unpaired) electrons. The van der Waals surface area contributed by atoms with Gasteiger partial charge >= 0.3 is 0 Å². The Morgan fingerprint density at radius 3 is 2.85 bits per heavy atom. The first kappa shape index (κ1) is 12.9. The Morgan fingerprint density at radius 1 is 1.35 bits per heavy atom. The molecule has 104 valence electrons. The van der Waals surface area contributed by atoms with E-state index >= 15 is 0 Å². The lowest BCUT2D eigenvalue weighted by Crippen LogP contribution is -2.14. The first-order valence-corrected chi connectivity index (χ1v) is 7.46. The predicted octanol–water partition coefficient (Wildman–Crippen LogP) is 1.36. The van der Waals surface area contributed by atoms with E-state index < -0.39 is 10.0 Å². The van der Waals surface area contributed by atoms with Gasteiger partial charge in [-0.15, -0.1) is 0 Å². The molecule has 0 aliphatic carbocycles. The van der Waals surface area contributed by atoms with Crippen molar-refractivity contribution >= 4 is 39.2 Å². The highest BCUT2D eigenvalue weighted by Gasteiger charge is 2.25. The van der Waals surface area contributed by atoms with Crippen LogP contribution >= 0.6 is 11.6 Å². The van der Waals surface area contributed by atoms with Gasteiger partial charge in [0.15, 0.2) is 0 Å². The van der Waals surface area contributed by atoms with E-state index in [4.69, 9.17) is 11.6 Å². The summed E-state index contributed by atoms with van der Waals surface area (Å²) in [6.07, 6.45) is 3.05. The minimum atomic E-state index is -3.87. The van der Waals surface area contributed by atoms with Crippen LogP contribution < -0.4 is 10.0 Å². The lowest BCUT2D eigenvalue weighted by Gasteiger charge is -2.09. The van der Waals surface area contributed by atoms with E-state index in [0.29, 0.717) is 11.3 Å². The number of carbonyl (C=O) groups excluding carboxylic acids is 1. The third-order valence-corrected chi connectivity index (χ3v) is 4.61. The number of hydrogen-bond donors (Lipinski definition) is 3. The number of aromatic nitrogens is 2. The van der Waals surface area contributed by atoms with Crippen LogP contribution in [0.4, 0.5) is 11.6 Å². The van der Waals surface area contributed by atoms with E-state index in [9.17, 15) is 13.2 Å². The number of amides is 1. The van der Waals surface area contributed by atoms with Crippen LogP contribution in [-0.4, -0.2) is 24.3 Å². The number of carbonyl (C=O) groups is 1. The molecule has 1 aromatic heterocycles. The number of H-pyrrole nitrogens is 1. The van der Waals surface area contributed by atoms with Crippen molar-refractivity contribution in [2.75, 3.05) is 10.0 Å². The van der Waals surface area contributed by atoms with Crippen LogP contribution in [0.25, 0.3) is 0 Å². The second-order valence-electron chi connectivity index (χ2n) is 4.21. The number of anilines is 2. The lowest BCUT2D eigenvalue weighted by atomic mass is 10.2. The Hall–Kier alpha value is -2.06. The van der Waals surface area contributed by atoms with Gasteiger partial charge < -0.3 is 10.3 Å². The number of fused-ring (bicyclic) bond motifs is 1. The zero-order valence-corrected chi connectivity index (χ0v) is 11.5. The SMILES string of the molecule is O=C1Cc2cc(S(=O)(=O)Nc3ncc[nH]3)c(Cl)cc2N1. The van der Waals surface area contributed by atoms with E-state index in [1.807, 2.05) is 0 Å². The van der Waals surface area contributed by atoms with Gasteiger partial charge in [-0.1, -0.05) is 11.6 Å². The van der Waals surface area contributed by atoms with Crippen molar-refractivity contribution in [2.24, 2.45) is 0 Å². The van der Waals surface area contributed by atoms with Gasteiger partial charge in [-0.2, -0.15) is 0 Å². The van der Waals surface area contributed by atoms with Gasteiger partial charge in [0, 0.05) is 18.1 Å². The average molecular weight is 313 g/mol. The summed E-state index contributed by atoms with van der Waals surface area (Å²) in [6, 6.07) is 2.82. The molecule has 20 heavy (non-hydrogen) atoms. The van der Waals surface area contributed by atoms with Gasteiger partial charge in [-0.05, 0) is 17.7 Å². The van der Waals surface area contributed by atoms with Crippen molar-refractivity contribution in [1.29, 1.82) is 0 Å². The molecule has 0 fully saturated rings. The molecule has 2 heterocycles. The molecule has 9 heteroatoms. The minimum absolute atomic E-state index is 0.0324. The maximum absolute atomic E-state index is 12.2. The second kappa shape index (κ2) is 4.50. The van der Waals surface area contributed by atoms with E-state index in [1.54, 1.807) is 0 Å². The Labute approximate surface area is 119 Å². The molecule has 1 aliphatic heterocycles. The third kappa shape index (κ3) is 2.23. The molecule has 0 bridgehead atoms. The molecule has 3 rings (SSSR count). The number of hydrogen-bond acceptors (Lipinski definition) is 4. The highest BCUT2D eigenvalue weighted by molar-refractivity contribution is 7.92. The zero-order chi connectivity index (χ0) is 14.3. The lowest BCUT2D eigenvalue weighted by molar-refractivity contribution is -0.115. The number of benzene rings is 1. The van der Waals surface area contributed by atoms with Crippen molar-refractivity contribution in [3.63, 3.8) is 0 Å². The van der Waals surface area contributed by atoms with Crippen LogP contribution in [-0.2, 0) is 21.2 Å². The normalized spacial score (nSPS) is 13.9. The van der Waals surface area contributed by atoms with Crippen molar-refractivity contribution in [1.82, 2.24) is 9.97 Å². The van der Waals surface area contributed by atoms with Crippen molar-refractivity contribution in [3.05, 3.63) is 35.1 Å². The summed E-state index contributed by atoms with van der Waals surface area (Å²) in [6.45, 7) is 0. The van der Waals surface area contributed by atoms with E-state index in [2.05, 4.69) is 20.0 Å². The summed E-state index contributed by atoms with van der Waals surface area (Å²) in [5.41, 5.74) is 1.14. The molecule has 7 nitrogen and oxygen atoms in total. The maximum atomic E-state index is 12.2. The van der Waals surface area contributed by atoms with E-state index in [1.165, 1.54) is 24.5 Å². The van der Waals surface area contributed by atoms with Gasteiger partial charge in [-0.25, -0.2) is 18.1 Å². The smallest absolute Gasteiger partial charge is 0.265 e. The summed E-state index contributed by atoms with van der Waals surface area (Å²) in [7, 11) is -3.87. The van der Waals surface area contributed by atoms with E-state index in [0.717, 1.165) is 0 Å². The van der Waals surface area contributed by atoms with Gasteiger partial charge in [-0.3, -0.25) is 4.79 Å². The Bertz CT molecular complexity index is 786. The topological polar surface area (TPSA) is 104 Å². The molecule has 3 N–H and O–H groups in total. The average Bonchev–Trinajstić information content (AvgIpc) is 2.95. The number of halogens is 1. The maximum Gasteiger partial charge on any atom is 0.265 e. The number of aromatic amines is 1. The summed E-state index contributed by atoms with van der Waals surface area (Å²) in [5.74, 6) is -0.0969. The first-order chi connectivity index (χ1) is 9.45. The number of rotatable bonds is 3. The Kier molecular flexibility index (Phi) is 2.91. The zero-order valence-electron chi connectivity index (χ0n) is 9.97. The Balaban J connectivity index is 2.02. The first-order valence-electron chi connectivity index (χ1n) is 5.60. The molecule has 1 aliphatic rings. The molecule has 0 saturated heterocycles. The number of nitrogens with zero attached hydrogens (tertiary/aromatic N) is 1. The minimum Gasteiger partial charge on any atom is -0.330 e. The number of nitrogens with one attached hydrogen (secondary N) is 3. The van der Waals surface area contributed by atoms with Crippen LogP contribution in [0.2, 0.25) is 5.02 Å². The second-order valence-corrected chi connectivity index (χ2v) is 6.27. The molecule has 0 unspecified atom stereocenters. The van der Waals surface area contributed by atoms with Gasteiger partial charge in [0.1, 0.15) is 4.90 Å². The summed E-state index contributed by atoms with van der Waals surface area (Å²) in [5, 5.41) is 2.64. The van der Waals surface area contributed by atoms with Crippen LogP contribution in [0.1, 0.15) is 5.56 Å². The van der Waals surface area contributed by atoms with Gasteiger partial charge in [0.25, 0.3) is 10.0 Å². The molecular weight excluding hydrogens is 304 g/mol. The monoisotopic (exact) mass is 312 g/mol. The molecule has 1 amide bonds. The molecule has 1 aromatic carbocycles. The van der Waals surface area contributed by atoms with Crippen molar-refractivity contribution in [2.45, 2.75) is 11.3 Å². The predicted molar refractivity (Wildman–Crippen MR) is 73.2 cm³/mol. The molecule has 0 saturated carbocycles. The standard InChI is InChI=1S/C11H9ClN4O3S/c12-7-5-8-6(4-10(17)15-8)3-9(7)20(18,19)16-11-13-1-2-14-11/h1-3,5H,4H2,(H,15,17)(H2,13,14,16). The van der Waals surface area contributed by atoms with Gasteiger partial charge in [0.2, 0.25) is 11.9 Å². The van der Waals surface area contributed by atoms with Crippen LogP contribution in [0.15, 0.2) is 29.4 Å². The highest BCUT2D eigenvalue weighted by Crippen LogP contribution is 2.32. The van der Waals surface area contributed by atoms with Crippen LogP contribution in [0, 0.1) is 0 Å². The quantitative estimate of drug-likeness (QED) is 0.796. The fourth-order valence-electron chi connectivity index (χ4n) is 1.93. The van der Waals surface area contributed by atoms with Crippen LogP contribution in [0.5, 0.6) is 0 Å². The number of imidazole rings is 1. The highest BCUT2D eigenvalue weighted by atomic mass is 35.5. The number of sulfonamides is 1. The summed E-state index contributed by atoms with van der Waals surface area (Å²) in [4.78, 5) is 17.6. The van der Waals surface area contributed by atoms with Crippen molar-refractivity contribution in [3.8, 4) is 0 Å². The van der Waals surface area contributed by atoms with E-state index in [-0.39, 0.29) is 28.2 Å². The fraction of sp³-hybridized carbons (Fsp3) is 0.0909. The fourth-order valence-corrected chi connectivity index (χ4v) is 3.49. The Morgan fingerprint density at radius 2 is 2.15 bits per heavy atom. The summed E-state index contributed by atoms with van der Waals surface area (Å²) >= 11 is 5.98. The van der Waals surface area contributed by atoms with Crippen molar-refractivity contribution < 1.29 is 13.2 Å². The molecule has 0 spiro atoms. The summed E-state index contributed by atoms with van der Waals surface area (Å²) < 4.78 is 26.8. The van der Waals surface area contributed by atoms with Gasteiger partial charge in [0.05, 0.1) is 11.4 Å². The molecule has 2 aromatic rings. The van der Waals surface area contributed by atoms with Crippen LogP contribution in [0.3, 0.4) is 0 Å².